The maximum atomic E-state index is 12.2. The van der Waals surface area contributed by atoms with Gasteiger partial charge in [-0.15, -0.1) is 0 Å². The van der Waals surface area contributed by atoms with Crippen molar-refractivity contribution in [1.82, 2.24) is 5.32 Å². The first-order valence-corrected chi connectivity index (χ1v) is 6.57. The van der Waals surface area contributed by atoms with E-state index < -0.39 is 0 Å². The van der Waals surface area contributed by atoms with Crippen LogP contribution in [0.15, 0.2) is 42.5 Å². The fraction of sp³-hybridized carbons (Fsp3) is 0.188. The van der Waals surface area contributed by atoms with E-state index in [2.05, 4.69) is 5.32 Å². The molecule has 108 valence electrons. The predicted molar refractivity (Wildman–Crippen MR) is 76.7 cm³/mol. The highest BCUT2D eigenvalue weighted by Crippen LogP contribution is 2.35. The van der Waals surface area contributed by atoms with Gasteiger partial charge in [0.1, 0.15) is 5.75 Å². The first kappa shape index (κ1) is 13.3. The number of para-hydroxylation sites is 1. The third-order valence-electron chi connectivity index (χ3n) is 3.25. The number of fused-ring (bicyclic) bond motifs is 1. The molecule has 0 spiro atoms. The van der Waals surface area contributed by atoms with Gasteiger partial charge in [0.25, 0.3) is 5.91 Å². The van der Waals surface area contributed by atoms with Crippen molar-refractivity contribution >= 4 is 5.91 Å². The Labute approximate surface area is 122 Å². The van der Waals surface area contributed by atoms with E-state index in [1.54, 1.807) is 25.3 Å². The summed E-state index contributed by atoms with van der Waals surface area (Å²) >= 11 is 0. The molecule has 1 N–H and O–H groups in total. The lowest BCUT2D eigenvalue weighted by molar-refractivity contribution is 0.0946. The zero-order valence-corrected chi connectivity index (χ0v) is 11.6. The third kappa shape index (κ3) is 2.76. The summed E-state index contributed by atoms with van der Waals surface area (Å²) in [7, 11) is 1.62. The Kier molecular flexibility index (Phi) is 3.64. The summed E-state index contributed by atoms with van der Waals surface area (Å²) in [6.07, 6.45) is 0. The van der Waals surface area contributed by atoms with Crippen molar-refractivity contribution in [3.8, 4) is 17.2 Å². The minimum absolute atomic E-state index is 0.151. The molecule has 0 aliphatic carbocycles. The van der Waals surface area contributed by atoms with Crippen LogP contribution < -0.4 is 19.5 Å². The van der Waals surface area contributed by atoms with E-state index in [-0.39, 0.29) is 12.7 Å². The Hall–Kier alpha value is -2.69. The smallest absolute Gasteiger partial charge is 0.255 e. The fourth-order valence-electron chi connectivity index (χ4n) is 2.13. The van der Waals surface area contributed by atoms with Crippen molar-refractivity contribution < 1.29 is 19.0 Å². The molecule has 2 aromatic rings. The van der Waals surface area contributed by atoms with Crippen molar-refractivity contribution in [2.24, 2.45) is 0 Å². The molecule has 0 saturated heterocycles. The molecule has 0 radical (unpaired) electrons. The van der Waals surface area contributed by atoms with E-state index in [1.807, 2.05) is 24.3 Å². The van der Waals surface area contributed by atoms with Crippen LogP contribution in [0.3, 0.4) is 0 Å². The molecular formula is C16H15NO4. The van der Waals surface area contributed by atoms with E-state index in [0.717, 1.165) is 11.3 Å². The van der Waals surface area contributed by atoms with Gasteiger partial charge in [-0.1, -0.05) is 18.2 Å². The number of methoxy groups -OCH3 is 1. The number of ether oxygens (including phenoxy) is 3. The molecule has 0 atom stereocenters. The molecule has 5 heteroatoms. The van der Waals surface area contributed by atoms with E-state index >= 15 is 0 Å². The van der Waals surface area contributed by atoms with E-state index in [9.17, 15) is 4.79 Å². The van der Waals surface area contributed by atoms with Gasteiger partial charge >= 0.3 is 0 Å². The van der Waals surface area contributed by atoms with E-state index in [4.69, 9.17) is 14.2 Å². The summed E-state index contributed by atoms with van der Waals surface area (Å²) in [4.78, 5) is 12.2. The molecule has 5 nitrogen and oxygen atoms in total. The lowest BCUT2D eigenvalue weighted by Crippen LogP contribution is -2.23. The number of hydrogen-bond acceptors (Lipinski definition) is 4. The standard InChI is InChI=1S/C16H15NO4/c1-19-12-7-5-11(6-8-12)9-17-16(18)13-3-2-4-14-15(13)21-10-20-14/h2-8H,9-10H2,1H3,(H,17,18). The quantitative estimate of drug-likeness (QED) is 0.937. The molecular weight excluding hydrogens is 270 g/mol. The van der Waals surface area contributed by atoms with E-state index in [0.29, 0.717) is 23.6 Å². The van der Waals surface area contributed by atoms with Crippen LogP contribution >= 0.6 is 0 Å². The molecule has 1 aliphatic heterocycles. The van der Waals surface area contributed by atoms with Gasteiger partial charge < -0.3 is 19.5 Å². The van der Waals surface area contributed by atoms with Crippen LogP contribution in [0.4, 0.5) is 0 Å². The van der Waals surface area contributed by atoms with Crippen molar-refractivity contribution in [1.29, 1.82) is 0 Å². The minimum Gasteiger partial charge on any atom is -0.497 e. The summed E-state index contributed by atoms with van der Waals surface area (Å²) in [5, 5.41) is 2.87. The molecule has 2 aromatic carbocycles. The molecule has 0 bridgehead atoms. The highest BCUT2D eigenvalue weighted by atomic mass is 16.7. The topological polar surface area (TPSA) is 56.8 Å². The summed E-state index contributed by atoms with van der Waals surface area (Å²) in [6, 6.07) is 12.8. The van der Waals surface area contributed by atoms with Crippen LogP contribution in [0, 0.1) is 0 Å². The van der Waals surface area contributed by atoms with Crippen LogP contribution in [0.2, 0.25) is 0 Å². The number of amides is 1. The molecule has 1 heterocycles. The van der Waals surface area contributed by atoms with Gasteiger partial charge in [0.15, 0.2) is 11.5 Å². The van der Waals surface area contributed by atoms with Gasteiger partial charge in [0.2, 0.25) is 6.79 Å². The Morgan fingerprint density at radius 1 is 1.19 bits per heavy atom. The highest BCUT2D eigenvalue weighted by molar-refractivity contribution is 5.97. The van der Waals surface area contributed by atoms with Gasteiger partial charge in [-0.3, -0.25) is 4.79 Å². The Morgan fingerprint density at radius 3 is 2.76 bits per heavy atom. The summed E-state index contributed by atoms with van der Waals surface area (Å²) in [5.41, 5.74) is 1.48. The molecule has 0 unspecified atom stereocenters. The van der Waals surface area contributed by atoms with Gasteiger partial charge in [-0.05, 0) is 29.8 Å². The largest absolute Gasteiger partial charge is 0.497 e. The zero-order valence-electron chi connectivity index (χ0n) is 11.6. The zero-order chi connectivity index (χ0) is 14.7. The Bertz CT molecular complexity index is 652. The van der Waals surface area contributed by atoms with Gasteiger partial charge in [0.05, 0.1) is 12.7 Å². The maximum Gasteiger partial charge on any atom is 0.255 e. The monoisotopic (exact) mass is 285 g/mol. The predicted octanol–water partition coefficient (Wildman–Crippen LogP) is 2.35. The minimum atomic E-state index is -0.187. The van der Waals surface area contributed by atoms with E-state index in [1.165, 1.54) is 0 Å². The highest BCUT2D eigenvalue weighted by Gasteiger charge is 2.21. The number of carbonyl (C=O) groups is 1. The van der Waals surface area contributed by atoms with Gasteiger partial charge in [0, 0.05) is 6.54 Å². The molecule has 21 heavy (non-hydrogen) atoms. The summed E-state index contributed by atoms with van der Waals surface area (Å²) in [5.74, 6) is 1.71. The second-order valence-corrected chi connectivity index (χ2v) is 4.57. The molecule has 3 rings (SSSR count). The molecule has 0 aromatic heterocycles. The average Bonchev–Trinajstić information content (AvgIpc) is 3.01. The Balaban J connectivity index is 1.68. The second-order valence-electron chi connectivity index (χ2n) is 4.57. The number of rotatable bonds is 4. The van der Waals surface area contributed by atoms with Crippen LogP contribution in [-0.4, -0.2) is 19.8 Å². The normalized spacial score (nSPS) is 12.0. The maximum absolute atomic E-state index is 12.2. The van der Waals surface area contributed by atoms with Crippen LogP contribution in [0.5, 0.6) is 17.2 Å². The van der Waals surface area contributed by atoms with Gasteiger partial charge in [-0.2, -0.15) is 0 Å². The number of benzene rings is 2. The third-order valence-corrected chi connectivity index (χ3v) is 3.25. The van der Waals surface area contributed by atoms with Crippen LogP contribution in [0.1, 0.15) is 15.9 Å². The van der Waals surface area contributed by atoms with Crippen LogP contribution in [0.25, 0.3) is 0 Å². The molecule has 1 aliphatic rings. The van der Waals surface area contributed by atoms with Crippen molar-refractivity contribution in [2.75, 3.05) is 13.9 Å². The number of carbonyl (C=O) groups excluding carboxylic acids is 1. The number of hydrogen-bond donors (Lipinski definition) is 1. The lowest BCUT2D eigenvalue weighted by atomic mass is 10.1. The summed E-state index contributed by atoms with van der Waals surface area (Å²) in [6.45, 7) is 0.589. The first-order chi connectivity index (χ1) is 10.3. The Morgan fingerprint density at radius 2 is 2.00 bits per heavy atom. The first-order valence-electron chi connectivity index (χ1n) is 6.57. The fourth-order valence-corrected chi connectivity index (χ4v) is 2.13. The molecule has 0 fully saturated rings. The van der Waals surface area contributed by atoms with Gasteiger partial charge in [-0.25, -0.2) is 0 Å². The lowest BCUT2D eigenvalue weighted by Gasteiger charge is -2.08. The molecule has 1 amide bonds. The van der Waals surface area contributed by atoms with Crippen LogP contribution in [-0.2, 0) is 6.54 Å². The SMILES string of the molecule is COc1ccc(CNC(=O)c2cccc3c2OCO3)cc1. The number of nitrogens with one attached hydrogen (secondary N) is 1. The van der Waals surface area contributed by atoms with Crippen molar-refractivity contribution in [3.05, 3.63) is 53.6 Å². The second kappa shape index (κ2) is 5.75. The summed E-state index contributed by atoms with van der Waals surface area (Å²) < 4.78 is 15.7. The molecule has 0 saturated carbocycles. The van der Waals surface area contributed by atoms with Crippen molar-refractivity contribution in [2.45, 2.75) is 6.54 Å². The average molecular weight is 285 g/mol. The van der Waals surface area contributed by atoms with Crippen molar-refractivity contribution in [3.63, 3.8) is 0 Å².